The van der Waals surface area contributed by atoms with Crippen molar-refractivity contribution in [2.45, 2.75) is 90.3 Å². The van der Waals surface area contributed by atoms with E-state index in [4.69, 9.17) is 0 Å². The van der Waals surface area contributed by atoms with Crippen LogP contribution in [0.2, 0.25) is 0 Å². The van der Waals surface area contributed by atoms with Crippen molar-refractivity contribution < 1.29 is 0 Å². The third-order valence-corrected chi connectivity index (χ3v) is 4.78. The van der Waals surface area contributed by atoms with Crippen molar-refractivity contribution in [2.75, 3.05) is 13.6 Å². The molecule has 0 aromatic carbocycles. The molecule has 0 amide bonds. The summed E-state index contributed by atoms with van der Waals surface area (Å²) in [6.07, 6.45) is 11.1. The van der Waals surface area contributed by atoms with Gasteiger partial charge in [0.15, 0.2) is 0 Å². The van der Waals surface area contributed by atoms with Crippen molar-refractivity contribution in [3.05, 3.63) is 0 Å². The topological polar surface area (TPSA) is 15.3 Å². The van der Waals surface area contributed by atoms with Crippen LogP contribution in [0.3, 0.4) is 0 Å². The highest BCUT2D eigenvalue weighted by atomic mass is 15.2. The van der Waals surface area contributed by atoms with Crippen LogP contribution in [0.25, 0.3) is 0 Å². The molecule has 0 bridgehead atoms. The van der Waals surface area contributed by atoms with Gasteiger partial charge in [0, 0.05) is 24.7 Å². The fraction of sp³-hybridized carbons (Fsp3) is 1.00. The normalized spacial score (nSPS) is 20.3. The van der Waals surface area contributed by atoms with Gasteiger partial charge in [0.05, 0.1) is 0 Å². The molecule has 1 rings (SSSR count). The van der Waals surface area contributed by atoms with Crippen molar-refractivity contribution in [1.82, 2.24) is 10.2 Å². The largest absolute Gasteiger partial charge is 0.312 e. The summed E-state index contributed by atoms with van der Waals surface area (Å²) in [7, 11) is 2.33. The molecule has 1 fully saturated rings. The second-order valence-electron chi connectivity index (χ2n) is 6.08. The van der Waals surface area contributed by atoms with Gasteiger partial charge in [-0.25, -0.2) is 0 Å². The van der Waals surface area contributed by atoms with E-state index in [-0.39, 0.29) is 0 Å². The van der Waals surface area contributed by atoms with Gasteiger partial charge in [-0.1, -0.05) is 39.5 Å². The van der Waals surface area contributed by atoms with Gasteiger partial charge in [-0.05, 0) is 39.7 Å². The first kappa shape index (κ1) is 16.0. The Morgan fingerprint density at radius 2 is 1.61 bits per heavy atom. The van der Waals surface area contributed by atoms with Crippen LogP contribution >= 0.6 is 0 Å². The van der Waals surface area contributed by atoms with Gasteiger partial charge in [-0.15, -0.1) is 0 Å². The van der Waals surface area contributed by atoms with Crippen molar-refractivity contribution in [2.24, 2.45) is 0 Å². The number of rotatable bonds is 7. The van der Waals surface area contributed by atoms with Crippen molar-refractivity contribution in [3.63, 3.8) is 0 Å². The van der Waals surface area contributed by atoms with E-state index in [1.807, 2.05) is 0 Å². The summed E-state index contributed by atoms with van der Waals surface area (Å²) in [5, 5.41) is 3.71. The molecule has 1 saturated carbocycles. The summed E-state index contributed by atoms with van der Waals surface area (Å²) < 4.78 is 0. The average Bonchev–Trinajstić information content (AvgIpc) is 2.67. The lowest BCUT2D eigenvalue weighted by Gasteiger charge is -2.33. The monoisotopic (exact) mass is 254 g/mol. The Morgan fingerprint density at radius 3 is 2.11 bits per heavy atom. The van der Waals surface area contributed by atoms with Crippen LogP contribution in [-0.2, 0) is 0 Å². The molecule has 0 spiro atoms. The van der Waals surface area contributed by atoms with Crippen LogP contribution in [0.4, 0.5) is 0 Å². The summed E-state index contributed by atoms with van der Waals surface area (Å²) in [5.41, 5.74) is 0. The van der Waals surface area contributed by atoms with E-state index in [1.165, 1.54) is 51.4 Å². The smallest absolute Gasteiger partial charge is 0.0192 e. The van der Waals surface area contributed by atoms with E-state index in [2.05, 4.69) is 38.0 Å². The number of nitrogens with one attached hydrogen (secondary N) is 1. The molecule has 1 unspecified atom stereocenters. The van der Waals surface area contributed by atoms with E-state index in [9.17, 15) is 0 Å². The fourth-order valence-corrected chi connectivity index (χ4v) is 3.08. The van der Waals surface area contributed by atoms with Gasteiger partial charge in [0.2, 0.25) is 0 Å². The maximum atomic E-state index is 3.71. The Hall–Kier alpha value is -0.0800. The van der Waals surface area contributed by atoms with Crippen molar-refractivity contribution >= 4 is 0 Å². The van der Waals surface area contributed by atoms with E-state index >= 15 is 0 Å². The number of hydrogen-bond donors (Lipinski definition) is 1. The second-order valence-corrected chi connectivity index (χ2v) is 6.08. The van der Waals surface area contributed by atoms with Crippen LogP contribution < -0.4 is 5.32 Å². The molecule has 0 radical (unpaired) electrons. The van der Waals surface area contributed by atoms with E-state index in [0.29, 0.717) is 12.1 Å². The molecule has 108 valence electrons. The van der Waals surface area contributed by atoms with Gasteiger partial charge in [0.25, 0.3) is 0 Å². The lowest BCUT2D eigenvalue weighted by atomic mass is 10.1. The van der Waals surface area contributed by atoms with E-state index in [1.54, 1.807) is 0 Å². The van der Waals surface area contributed by atoms with Gasteiger partial charge >= 0.3 is 0 Å². The van der Waals surface area contributed by atoms with Crippen LogP contribution in [-0.4, -0.2) is 36.6 Å². The molecular weight excluding hydrogens is 220 g/mol. The molecule has 1 aliphatic carbocycles. The third kappa shape index (κ3) is 5.27. The van der Waals surface area contributed by atoms with Crippen LogP contribution in [0, 0.1) is 0 Å². The van der Waals surface area contributed by atoms with Gasteiger partial charge in [-0.3, -0.25) is 4.90 Å². The lowest BCUT2D eigenvalue weighted by Crippen LogP contribution is -2.45. The zero-order chi connectivity index (χ0) is 13.4. The minimum atomic E-state index is 0.661. The summed E-state index contributed by atoms with van der Waals surface area (Å²) in [6, 6.07) is 2.19. The fourth-order valence-electron chi connectivity index (χ4n) is 3.08. The quantitative estimate of drug-likeness (QED) is 0.695. The highest BCUT2D eigenvalue weighted by Gasteiger charge is 2.21. The van der Waals surface area contributed by atoms with E-state index < -0.39 is 0 Å². The number of nitrogens with zero attached hydrogens (tertiary/aromatic N) is 1. The molecule has 0 aromatic rings. The maximum Gasteiger partial charge on any atom is 0.0192 e. The summed E-state index contributed by atoms with van der Waals surface area (Å²) in [4.78, 5) is 2.63. The second kappa shape index (κ2) is 8.92. The highest BCUT2D eigenvalue weighted by molar-refractivity contribution is 4.78. The zero-order valence-electron chi connectivity index (χ0n) is 13.0. The minimum Gasteiger partial charge on any atom is -0.312 e. The predicted molar refractivity (Wildman–Crippen MR) is 81.1 cm³/mol. The summed E-state index contributed by atoms with van der Waals surface area (Å²) >= 11 is 0. The SMILES string of the molecule is CCC(CC)NCC(C)N(C)C1CCCCCC1. The van der Waals surface area contributed by atoms with Crippen molar-refractivity contribution in [3.8, 4) is 0 Å². The molecule has 1 atom stereocenters. The van der Waals surface area contributed by atoms with Gasteiger partial charge < -0.3 is 5.32 Å². The van der Waals surface area contributed by atoms with Crippen LogP contribution in [0.15, 0.2) is 0 Å². The van der Waals surface area contributed by atoms with Gasteiger partial charge in [-0.2, -0.15) is 0 Å². The number of hydrogen-bond acceptors (Lipinski definition) is 2. The van der Waals surface area contributed by atoms with Gasteiger partial charge in [0.1, 0.15) is 0 Å². The molecule has 2 heteroatoms. The standard InChI is InChI=1S/C16H34N2/c1-5-15(6-2)17-13-14(3)18(4)16-11-9-7-8-10-12-16/h14-17H,5-13H2,1-4H3. The molecule has 0 aromatic heterocycles. The predicted octanol–water partition coefficient (Wildman–Crippen LogP) is 3.81. The Bertz CT molecular complexity index is 193. The molecule has 0 aliphatic heterocycles. The summed E-state index contributed by atoms with van der Waals surface area (Å²) in [5.74, 6) is 0. The first-order chi connectivity index (χ1) is 8.69. The molecule has 18 heavy (non-hydrogen) atoms. The Morgan fingerprint density at radius 1 is 1.06 bits per heavy atom. The van der Waals surface area contributed by atoms with Crippen LogP contribution in [0.5, 0.6) is 0 Å². The summed E-state index contributed by atoms with van der Waals surface area (Å²) in [6.45, 7) is 8.07. The maximum absolute atomic E-state index is 3.71. The molecule has 1 aliphatic rings. The minimum absolute atomic E-state index is 0.661. The van der Waals surface area contributed by atoms with Crippen molar-refractivity contribution in [1.29, 1.82) is 0 Å². The lowest BCUT2D eigenvalue weighted by molar-refractivity contribution is 0.161. The average molecular weight is 254 g/mol. The Balaban J connectivity index is 2.32. The molecule has 1 N–H and O–H groups in total. The zero-order valence-corrected chi connectivity index (χ0v) is 13.0. The molecular formula is C16H34N2. The molecule has 2 nitrogen and oxygen atoms in total. The highest BCUT2D eigenvalue weighted by Crippen LogP contribution is 2.22. The first-order valence-corrected chi connectivity index (χ1v) is 8.14. The molecule has 0 heterocycles. The van der Waals surface area contributed by atoms with E-state index in [0.717, 1.165) is 12.6 Å². The Kier molecular flexibility index (Phi) is 7.92. The molecule has 0 saturated heterocycles. The number of likely N-dealkylation sites (N-methyl/N-ethyl adjacent to an activating group) is 1. The first-order valence-electron chi connectivity index (χ1n) is 8.14. The third-order valence-electron chi connectivity index (χ3n) is 4.78. The van der Waals surface area contributed by atoms with Crippen LogP contribution in [0.1, 0.15) is 72.1 Å². The Labute approximate surface area is 115 Å².